The third kappa shape index (κ3) is 2.09. The van der Waals surface area contributed by atoms with Gasteiger partial charge >= 0.3 is 23.7 Å². The summed E-state index contributed by atoms with van der Waals surface area (Å²) in [7, 11) is 0. The van der Waals surface area contributed by atoms with Crippen molar-refractivity contribution in [3.05, 3.63) is 0 Å². The second-order valence-electron chi connectivity index (χ2n) is 2.77. The quantitative estimate of drug-likeness (QED) is 0.165. The number of aliphatic carboxylic acids is 3. The topological polar surface area (TPSA) is 182 Å². The molecule has 0 aromatic carbocycles. The van der Waals surface area contributed by atoms with Crippen LogP contribution >= 0.6 is 0 Å². The lowest BCUT2D eigenvalue weighted by molar-refractivity contribution is -0.384. The minimum absolute atomic E-state index is 1.68. The van der Waals surface area contributed by atoms with Gasteiger partial charge in [0.2, 0.25) is 0 Å². The smallest absolute Gasteiger partial charge is 0.368 e. The van der Waals surface area contributed by atoms with Crippen LogP contribution in [0.3, 0.4) is 0 Å². The lowest BCUT2D eigenvalue weighted by Gasteiger charge is -2.32. The SMILES string of the molecule is O=C(O)CC(OO)(C(=O)O)C(O)(O)C(=O)O. The van der Waals surface area contributed by atoms with Gasteiger partial charge in [0.1, 0.15) is 0 Å². The van der Waals surface area contributed by atoms with E-state index in [1.165, 1.54) is 0 Å². The summed E-state index contributed by atoms with van der Waals surface area (Å²) in [5.41, 5.74) is -3.63. The summed E-state index contributed by atoms with van der Waals surface area (Å²) in [6.45, 7) is 0. The van der Waals surface area contributed by atoms with E-state index in [0.29, 0.717) is 0 Å². The molecule has 0 aliphatic rings. The Bertz CT molecular complexity index is 319. The van der Waals surface area contributed by atoms with E-state index in [2.05, 4.69) is 4.89 Å². The average Bonchev–Trinajstić information content (AvgIpc) is 2.12. The van der Waals surface area contributed by atoms with Gasteiger partial charge in [0.25, 0.3) is 5.60 Å². The molecule has 0 aromatic rings. The van der Waals surface area contributed by atoms with Crippen molar-refractivity contribution in [1.29, 1.82) is 0 Å². The predicted octanol–water partition coefficient (Wildman–Crippen LogP) is -2.46. The van der Waals surface area contributed by atoms with Crippen LogP contribution in [-0.4, -0.2) is 60.1 Å². The average molecular weight is 240 g/mol. The van der Waals surface area contributed by atoms with Gasteiger partial charge in [0.05, 0.1) is 6.42 Å². The molecule has 10 heteroatoms. The first-order chi connectivity index (χ1) is 7.11. The molecule has 0 fully saturated rings. The van der Waals surface area contributed by atoms with Crippen molar-refractivity contribution in [2.45, 2.75) is 17.8 Å². The molecular formula is C6H8O10. The maximum absolute atomic E-state index is 10.6. The largest absolute Gasteiger partial charge is 0.481 e. The molecular weight excluding hydrogens is 232 g/mol. The van der Waals surface area contributed by atoms with E-state index < -0.39 is 35.7 Å². The van der Waals surface area contributed by atoms with Crippen molar-refractivity contribution >= 4 is 17.9 Å². The fourth-order valence-corrected chi connectivity index (χ4v) is 0.869. The maximum Gasteiger partial charge on any atom is 0.368 e. The summed E-state index contributed by atoms with van der Waals surface area (Å²) >= 11 is 0. The van der Waals surface area contributed by atoms with E-state index in [9.17, 15) is 14.4 Å². The lowest BCUT2D eigenvalue weighted by Crippen LogP contribution is -2.65. The molecule has 0 saturated heterocycles. The zero-order chi connectivity index (χ0) is 13.1. The molecule has 0 aliphatic heterocycles. The molecule has 1 atom stereocenters. The molecule has 16 heavy (non-hydrogen) atoms. The Morgan fingerprint density at radius 1 is 1.00 bits per heavy atom. The number of aliphatic hydroxyl groups is 2. The number of hydrogen-bond donors (Lipinski definition) is 6. The minimum Gasteiger partial charge on any atom is -0.481 e. The van der Waals surface area contributed by atoms with Gasteiger partial charge in [-0.1, -0.05) is 0 Å². The van der Waals surface area contributed by atoms with Crippen LogP contribution in [0.5, 0.6) is 0 Å². The second-order valence-corrected chi connectivity index (χ2v) is 2.77. The zero-order valence-electron chi connectivity index (χ0n) is 7.52. The van der Waals surface area contributed by atoms with Gasteiger partial charge in [-0.25, -0.2) is 14.5 Å². The third-order valence-corrected chi connectivity index (χ3v) is 1.76. The number of rotatable bonds is 6. The van der Waals surface area contributed by atoms with E-state index in [4.69, 9.17) is 30.8 Å². The number of carboxylic acid groups (broad SMARTS) is 3. The van der Waals surface area contributed by atoms with Gasteiger partial charge < -0.3 is 25.5 Å². The van der Waals surface area contributed by atoms with Gasteiger partial charge in [0.15, 0.2) is 0 Å². The van der Waals surface area contributed by atoms with Crippen LogP contribution in [0.2, 0.25) is 0 Å². The molecule has 0 saturated carbocycles. The lowest BCUT2D eigenvalue weighted by atomic mass is 9.89. The number of carboxylic acids is 3. The first kappa shape index (κ1) is 14.2. The van der Waals surface area contributed by atoms with Crippen LogP contribution in [0, 0.1) is 0 Å². The normalized spacial score (nSPS) is 15.2. The Kier molecular flexibility index (Phi) is 3.92. The van der Waals surface area contributed by atoms with Crippen molar-refractivity contribution in [3.63, 3.8) is 0 Å². The van der Waals surface area contributed by atoms with Gasteiger partial charge in [-0.3, -0.25) is 10.1 Å². The van der Waals surface area contributed by atoms with E-state index in [0.717, 1.165) is 0 Å². The molecule has 0 bridgehead atoms. The van der Waals surface area contributed by atoms with Crippen LogP contribution in [0.4, 0.5) is 0 Å². The van der Waals surface area contributed by atoms with E-state index in [1.54, 1.807) is 0 Å². The highest BCUT2D eigenvalue weighted by Crippen LogP contribution is 2.28. The highest BCUT2D eigenvalue weighted by Gasteiger charge is 2.65. The van der Waals surface area contributed by atoms with Crippen LogP contribution in [0.1, 0.15) is 6.42 Å². The van der Waals surface area contributed by atoms with Crippen LogP contribution in [0.15, 0.2) is 0 Å². The molecule has 0 spiro atoms. The molecule has 1 unspecified atom stereocenters. The van der Waals surface area contributed by atoms with E-state index in [-0.39, 0.29) is 0 Å². The highest BCUT2D eigenvalue weighted by molar-refractivity contribution is 5.92. The molecule has 0 amide bonds. The summed E-state index contributed by atoms with van der Waals surface area (Å²) in [4.78, 5) is 34.4. The molecule has 0 rings (SSSR count). The third-order valence-electron chi connectivity index (χ3n) is 1.76. The van der Waals surface area contributed by atoms with Gasteiger partial charge in [-0.15, -0.1) is 0 Å². The number of hydrogen-bond acceptors (Lipinski definition) is 7. The fourth-order valence-electron chi connectivity index (χ4n) is 0.869. The summed E-state index contributed by atoms with van der Waals surface area (Å²) in [6, 6.07) is 0. The van der Waals surface area contributed by atoms with Crippen LogP contribution < -0.4 is 0 Å². The summed E-state index contributed by atoms with van der Waals surface area (Å²) in [5.74, 6) is -10.9. The Balaban J connectivity index is 5.62. The maximum atomic E-state index is 10.6. The Labute approximate surface area is 86.9 Å². The molecule has 0 radical (unpaired) electrons. The highest BCUT2D eigenvalue weighted by atomic mass is 17.1. The summed E-state index contributed by atoms with van der Waals surface area (Å²) in [5, 5.41) is 51.3. The molecule has 6 N–H and O–H groups in total. The predicted molar refractivity (Wildman–Crippen MR) is 41.1 cm³/mol. The van der Waals surface area contributed by atoms with Gasteiger partial charge in [-0.2, -0.15) is 0 Å². The van der Waals surface area contributed by atoms with Crippen molar-refractivity contribution in [2.24, 2.45) is 0 Å². The molecule has 0 aromatic heterocycles. The van der Waals surface area contributed by atoms with Crippen molar-refractivity contribution in [3.8, 4) is 0 Å². The Hall–Kier alpha value is -1.75. The zero-order valence-corrected chi connectivity index (χ0v) is 7.52. The summed E-state index contributed by atoms with van der Waals surface area (Å²) < 4.78 is 0. The number of carbonyl (C=O) groups is 3. The molecule has 0 heterocycles. The van der Waals surface area contributed by atoms with Crippen molar-refractivity contribution in [1.82, 2.24) is 0 Å². The minimum atomic E-state index is -4.12. The second kappa shape index (κ2) is 4.40. The molecule has 92 valence electrons. The Morgan fingerprint density at radius 2 is 1.44 bits per heavy atom. The first-order valence-electron chi connectivity index (χ1n) is 3.57. The van der Waals surface area contributed by atoms with E-state index in [1.807, 2.05) is 0 Å². The van der Waals surface area contributed by atoms with E-state index >= 15 is 0 Å². The molecule has 0 aliphatic carbocycles. The Morgan fingerprint density at radius 3 is 1.62 bits per heavy atom. The summed E-state index contributed by atoms with van der Waals surface area (Å²) in [6.07, 6.45) is -1.68. The fraction of sp³-hybridized carbons (Fsp3) is 0.500. The standard InChI is InChI=1S/C6H8O10/c7-2(8)1-5(16-15,3(9)10)6(13,14)4(11)12/h13-15H,1H2,(H,7,8)(H,9,10)(H,11,12). The van der Waals surface area contributed by atoms with Crippen LogP contribution in [-0.2, 0) is 19.3 Å². The monoisotopic (exact) mass is 240 g/mol. The van der Waals surface area contributed by atoms with Gasteiger partial charge in [-0.05, 0) is 0 Å². The molecule has 10 nitrogen and oxygen atoms in total. The first-order valence-corrected chi connectivity index (χ1v) is 3.57. The van der Waals surface area contributed by atoms with Crippen LogP contribution in [0.25, 0.3) is 0 Å². The van der Waals surface area contributed by atoms with Gasteiger partial charge in [0, 0.05) is 0 Å². The van der Waals surface area contributed by atoms with Crippen molar-refractivity contribution in [2.75, 3.05) is 0 Å². The van der Waals surface area contributed by atoms with Crippen molar-refractivity contribution < 1.29 is 50.1 Å².